The molecule has 32 heavy (non-hydrogen) atoms. The largest absolute Gasteiger partial charge is 0.450 e. The van der Waals surface area contributed by atoms with Crippen LogP contribution in [0.15, 0.2) is 88.1 Å². The first-order valence-corrected chi connectivity index (χ1v) is 10.2. The molecular formula is C25H18N2O5. The number of nitrogens with zero attached hydrogens (tertiary/aromatic N) is 2. The van der Waals surface area contributed by atoms with Crippen molar-refractivity contribution >= 4 is 22.6 Å². The first-order valence-electron chi connectivity index (χ1n) is 10.2. The Morgan fingerprint density at radius 2 is 1.69 bits per heavy atom. The molecule has 1 unspecified atom stereocenters. The van der Waals surface area contributed by atoms with Crippen LogP contribution in [0.2, 0.25) is 0 Å². The predicted octanol–water partition coefficient (Wildman–Crippen LogP) is 4.49. The Morgan fingerprint density at radius 3 is 2.47 bits per heavy atom. The summed E-state index contributed by atoms with van der Waals surface area (Å²) in [6.07, 6.45) is 0.569. The maximum atomic E-state index is 13.4. The Bertz CT molecular complexity index is 1410. The minimum atomic E-state index is -0.762. The third kappa shape index (κ3) is 3.24. The van der Waals surface area contributed by atoms with Gasteiger partial charge in [-0.05, 0) is 29.7 Å². The zero-order chi connectivity index (χ0) is 22.2. The van der Waals surface area contributed by atoms with Crippen LogP contribution >= 0.6 is 0 Å². The highest BCUT2D eigenvalue weighted by Gasteiger charge is 2.42. The van der Waals surface area contributed by atoms with Crippen molar-refractivity contribution in [1.82, 2.24) is 4.90 Å². The van der Waals surface area contributed by atoms with Crippen LogP contribution in [0.4, 0.5) is 5.69 Å². The smallest absolute Gasteiger partial charge is 0.290 e. The predicted molar refractivity (Wildman–Crippen MR) is 119 cm³/mol. The summed E-state index contributed by atoms with van der Waals surface area (Å²) in [6.45, 7) is 0.330. The highest BCUT2D eigenvalue weighted by molar-refractivity contribution is 5.99. The van der Waals surface area contributed by atoms with Crippen molar-refractivity contribution in [3.05, 3.63) is 122 Å². The lowest BCUT2D eigenvalue weighted by atomic mass is 9.98. The van der Waals surface area contributed by atoms with Crippen LogP contribution in [0.25, 0.3) is 11.0 Å². The molecule has 0 bridgehead atoms. The lowest BCUT2D eigenvalue weighted by Crippen LogP contribution is -2.31. The van der Waals surface area contributed by atoms with E-state index in [0.717, 1.165) is 5.56 Å². The third-order valence-electron chi connectivity index (χ3n) is 5.75. The van der Waals surface area contributed by atoms with E-state index in [1.807, 2.05) is 30.3 Å². The zero-order valence-electron chi connectivity index (χ0n) is 16.9. The standard InChI is InChI=1S/C25H18N2O5/c28-23-19-11-4-5-12-20(19)32-24-21(23)22(17-9-6-10-18(15-17)27(30)31)26(25(24)29)14-13-16-7-2-1-3-8-16/h1-12,15,22H,13-14H2. The number of benzene rings is 3. The molecule has 0 spiro atoms. The maximum absolute atomic E-state index is 13.4. The van der Waals surface area contributed by atoms with Gasteiger partial charge in [-0.2, -0.15) is 0 Å². The molecule has 2 heterocycles. The molecule has 7 heteroatoms. The summed E-state index contributed by atoms with van der Waals surface area (Å²) in [7, 11) is 0. The summed E-state index contributed by atoms with van der Waals surface area (Å²) in [5.41, 5.74) is 1.71. The second-order valence-corrected chi connectivity index (χ2v) is 7.66. The van der Waals surface area contributed by atoms with E-state index in [2.05, 4.69) is 0 Å². The van der Waals surface area contributed by atoms with Gasteiger partial charge < -0.3 is 9.32 Å². The zero-order valence-corrected chi connectivity index (χ0v) is 16.9. The number of carbonyl (C=O) groups excluding carboxylic acids is 1. The van der Waals surface area contributed by atoms with Gasteiger partial charge in [0.2, 0.25) is 5.76 Å². The number of hydrogen-bond acceptors (Lipinski definition) is 5. The van der Waals surface area contributed by atoms with Crippen molar-refractivity contribution in [1.29, 1.82) is 0 Å². The van der Waals surface area contributed by atoms with Gasteiger partial charge in [0.05, 0.1) is 21.9 Å². The fourth-order valence-electron chi connectivity index (χ4n) is 4.25. The van der Waals surface area contributed by atoms with Crippen LogP contribution in [0, 0.1) is 10.1 Å². The average Bonchev–Trinajstić information content (AvgIpc) is 3.10. The van der Waals surface area contributed by atoms with Crippen LogP contribution < -0.4 is 5.43 Å². The molecule has 1 amide bonds. The highest BCUT2D eigenvalue weighted by atomic mass is 16.6. The van der Waals surface area contributed by atoms with Crippen molar-refractivity contribution < 1.29 is 14.1 Å². The monoisotopic (exact) mass is 426 g/mol. The van der Waals surface area contributed by atoms with Crippen LogP contribution in [0.5, 0.6) is 0 Å². The molecule has 0 fully saturated rings. The van der Waals surface area contributed by atoms with E-state index in [1.54, 1.807) is 41.3 Å². The van der Waals surface area contributed by atoms with Gasteiger partial charge in [-0.15, -0.1) is 0 Å². The second-order valence-electron chi connectivity index (χ2n) is 7.66. The fourth-order valence-corrected chi connectivity index (χ4v) is 4.25. The van der Waals surface area contributed by atoms with Gasteiger partial charge >= 0.3 is 0 Å². The molecule has 7 nitrogen and oxygen atoms in total. The number of fused-ring (bicyclic) bond motifs is 2. The van der Waals surface area contributed by atoms with Crippen molar-refractivity contribution in [3.8, 4) is 0 Å². The van der Waals surface area contributed by atoms with Crippen LogP contribution in [-0.2, 0) is 6.42 Å². The Kier molecular flexibility index (Phi) is 4.78. The molecule has 1 aliphatic heterocycles. The number of nitro benzene ring substituents is 1. The molecule has 3 aromatic carbocycles. The Balaban J connectivity index is 1.66. The average molecular weight is 426 g/mol. The topological polar surface area (TPSA) is 93.7 Å². The number of amides is 1. The van der Waals surface area contributed by atoms with Crippen molar-refractivity contribution in [2.75, 3.05) is 6.54 Å². The molecule has 0 saturated heterocycles. The van der Waals surface area contributed by atoms with E-state index in [-0.39, 0.29) is 22.4 Å². The number of hydrogen-bond donors (Lipinski definition) is 0. The quantitative estimate of drug-likeness (QED) is 0.346. The molecule has 1 aliphatic rings. The van der Waals surface area contributed by atoms with Crippen LogP contribution in [0.3, 0.4) is 0 Å². The molecule has 0 N–H and O–H groups in total. The molecule has 4 aromatic rings. The summed E-state index contributed by atoms with van der Waals surface area (Å²) in [5, 5.41) is 11.7. The van der Waals surface area contributed by atoms with E-state index < -0.39 is 16.9 Å². The van der Waals surface area contributed by atoms with E-state index in [1.165, 1.54) is 12.1 Å². The van der Waals surface area contributed by atoms with Crippen LogP contribution in [-0.4, -0.2) is 22.3 Å². The van der Waals surface area contributed by atoms with E-state index in [0.29, 0.717) is 29.5 Å². The number of nitro groups is 1. The molecular weight excluding hydrogens is 408 g/mol. The first kappa shape index (κ1) is 19.7. The Labute approximate surface area is 182 Å². The molecule has 0 saturated carbocycles. The number of non-ortho nitro benzene ring substituents is 1. The van der Waals surface area contributed by atoms with E-state index in [4.69, 9.17) is 4.42 Å². The van der Waals surface area contributed by atoms with Gasteiger partial charge in [-0.25, -0.2) is 0 Å². The van der Waals surface area contributed by atoms with Gasteiger partial charge in [-0.3, -0.25) is 19.7 Å². The number of rotatable bonds is 5. The summed E-state index contributed by atoms with van der Waals surface area (Å²) < 4.78 is 5.88. The minimum absolute atomic E-state index is 0.00160. The molecule has 0 aliphatic carbocycles. The van der Waals surface area contributed by atoms with Gasteiger partial charge in [0.1, 0.15) is 5.58 Å². The second kappa shape index (κ2) is 7.77. The highest BCUT2D eigenvalue weighted by Crippen LogP contribution is 2.39. The van der Waals surface area contributed by atoms with E-state index in [9.17, 15) is 19.7 Å². The molecule has 158 valence electrons. The van der Waals surface area contributed by atoms with Gasteiger partial charge in [0.25, 0.3) is 11.6 Å². The summed E-state index contributed by atoms with van der Waals surface area (Å²) in [6, 6.07) is 21.8. The van der Waals surface area contributed by atoms with Crippen LogP contribution in [0.1, 0.15) is 33.3 Å². The maximum Gasteiger partial charge on any atom is 0.290 e. The first-order chi connectivity index (χ1) is 15.5. The lowest BCUT2D eigenvalue weighted by Gasteiger charge is -2.25. The van der Waals surface area contributed by atoms with Crippen molar-refractivity contribution in [2.24, 2.45) is 0 Å². The summed E-state index contributed by atoms with van der Waals surface area (Å²) >= 11 is 0. The Hall–Kier alpha value is -4.26. The number of para-hydroxylation sites is 1. The molecule has 5 rings (SSSR count). The third-order valence-corrected chi connectivity index (χ3v) is 5.75. The minimum Gasteiger partial charge on any atom is -0.450 e. The Morgan fingerprint density at radius 1 is 0.938 bits per heavy atom. The van der Waals surface area contributed by atoms with Crippen molar-refractivity contribution in [2.45, 2.75) is 12.5 Å². The van der Waals surface area contributed by atoms with Gasteiger partial charge in [-0.1, -0.05) is 54.6 Å². The normalized spacial score (nSPS) is 15.2. The summed E-state index contributed by atoms with van der Waals surface area (Å²) in [5.74, 6) is -0.395. The fraction of sp³-hybridized carbons (Fsp3) is 0.120. The molecule has 1 aromatic heterocycles. The SMILES string of the molecule is O=C1c2oc3ccccc3c(=O)c2C(c2cccc([N+](=O)[O-])c2)N1CCc1ccccc1. The van der Waals surface area contributed by atoms with Crippen molar-refractivity contribution in [3.63, 3.8) is 0 Å². The van der Waals surface area contributed by atoms with Gasteiger partial charge in [0, 0.05) is 18.7 Å². The summed E-state index contributed by atoms with van der Waals surface area (Å²) in [4.78, 5) is 39.2. The number of carbonyl (C=O) groups is 1. The van der Waals surface area contributed by atoms with E-state index >= 15 is 0 Å². The lowest BCUT2D eigenvalue weighted by molar-refractivity contribution is -0.384. The van der Waals surface area contributed by atoms with Gasteiger partial charge in [0.15, 0.2) is 5.43 Å². The molecule has 1 atom stereocenters. The molecule has 0 radical (unpaired) electrons.